The highest BCUT2D eigenvalue weighted by atomic mass is 16.5. The van der Waals surface area contributed by atoms with Gasteiger partial charge in [-0.15, -0.1) is 0 Å². The highest BCUT2D eigenvalue weighted by Crippen LogP contribution is 2.40. The lowest BCUT2D eigenvalue weighted by atomic mass is 10.0. The van der Waals surface area contributed by atoms with Gasteiger partial charge in [-0.05, 0) is 48.1 Å². The van der Waals surface area contributed by atoms with Crippen molar-refractivity contribution in [3.63, 3.8) is 0 Å². The van der Waals surface area contributed by atoms with Crippen molar-refractivity contribution in [3.05, 3.63) is 65.7 Å². The standard InChI is InChI=1S/C22H24N2O4/c1-27-19-13-15(7-11-18(19)28-14-20(23)25)8-12-21(26)24-22(17-9-10-17)16-5-3-2-4-6-16/h2-8,11-13,17,22H,9-10,14H2,1H3,(H2,23,25)(H,24,26)/b12-8+. The maximum atomic E-state index is 12.4. The van der Waals surface area contributed by atoms with Gasteiger partial charge in [0.05, 0.1) is 13.2 Å². The molecule has 1 aliphatic rings. The number of nitrogens with one attached hydrogen (secondary N) is 1. The lowest BCUT2D eigenvalue weighted by molar-refractivity contribution is -0.120. The van der Waals surface area contributed by atoms with Crippen LogP contribution in [0.2, 0.25) is 0 Å². The predicted molar refractivity (Wildman–Crippen MR) is 107 cm³/mol. The van der Waals surface area contributed by atoms with Gasteiger partial charge in [0.15, 0.2) is 18.1 Å². The fourth-order valence-corrected chi connectivity index (χ4v) is 2.99. The topological polar surface area (TPSA) is 90.7 Å². The third kappa shape index (κ3) is 5.36. The van der Waals surface area contributed by atoms with Crippen molar-refractivity contribution in [3.8, 4) is 11.5 Å². The van der Waals surface area contributed by atoms with Crippen LogP contribution in [0.25, 0.3) is 6.08 Å². The Hall–Kier alpha value is -3.28. The van der Waals surface area contributed by atoms with Gasteiger partial charge in [0, 0.05) is 6.08 Å². The van der Waals surface area contributed by atoms with Gasteiger partial charge in [-0.1, -0.05) is 36.4 Å². The van der Waals surface area contributed by atoms with Crippen LogP contribution in [0.1, 0.15) is 30.0 Å². The number of primary amides is 1. The van der Waals surface area contributed by atoms with Crippen LogP contribution < -0.4 is 20.5 Å². The number of methoxy groups -OCH3 is 1. The van der Waals surface area contributed by atoms with E-state index in [0.717, 1.165) is 24.0 Å². The third-order valence-electron chi connectivity index (χ3n) is 4.53. The molecule has 0 spiro atoms. The first-order chi connectivity index (χ1) is 13.6. The summed E-state index contributed by atoms with van der Waals surface area (Å²) in [5.74, 6) is 0.673. The van der Waals surface area contributed by atoms with Crippen molar-refractivity contribution < 1.29 is 19.1 Å². The Bertz CT molecular complexity index is 860. The zero-order valence-corrected chi connectivity index (χ0v) is 15.8. The van der Waals surface area contributed by atoms with Crippen LogP contribution in [0.3, 0.4) is 0 Å². The summed E-state index contributed by atoms with van der Waals surface area (Å²) in [4.78, 5) is 23.3. The average molecular weight is 380 g/mol. The summed E-state index contributed by atoms with van der Waals surface area (Å²) in [7, 11) is 1.51. The highest BCUT2D eigenvalue weighted by Gasteiger charge is 2.32. The maximum Gasteiger partial charge on any atom is 0.255 e. The van der Waals surface area contributed by atoms with E-state index in [-0.39, 0.29) is 18.6 Å². The molecule has 1 unspecified atom stereocenters. The fourth-order valence-electron chi connectivity index (χ4n) is 2.99. The number of hydrogen-bond acceptors (Lipinski definition) is 4. The molecule has 28 heavy (non-hydrogen) atoms. The van der Waals surface area contributed by atoms with Gasteiger partial charge in [-0.2, -0.15) is 0 Å². The minimum Gasteiger partial charge on any atom is -0.493 e. The van der Waals surface area contributed by atoms with E-state index in [9.17, 15) is 9.59 Å². The largest absolute Gasteiger partial charge is 0.493 e. The Morgan fingerprint density at radius 3 is 2.57 bits per heavy atom. The molecule has 6 nitrogen and oxygen atoms in total. The minimum absolute atomic E-state index is 0.0393. The Morgan fingerprint density at radius 1 is 1.18 bits per heavy atom. The molecule has 2 aromatic rings. The van der Waals surface area contributed by atoms with Gasteiger partial charge in [0.25, 0.3) is 5.91 Å². The van der Waals surface area contributed by atoms with Gasteiger partial charge in [0.1, 0.15) is 0 Å². The maximum absolute atomic E-state index is 12.4. The summed E-state index contributed by atoms with van der Waals surface area (Å²) in [5.41, 5.74) is 7.00. The lowest BCUT2D eigenvalue weighted by Gasteiger charge is -2.17. The number of benzene rings is 2. The van der Waals surface area contributed by atoms with E-state index < -0.39 is 5.91 Å². The first-order valence-corrected chi connectivity index (χ1v) is 9.19. The average Bonchev–Trinajstić information content (AvgIpc) is 3.55. The smallest absolute Gasteiger partial charge is 0.255 e. The molecule has 1 fully saturated rings. The first-order valence-electron chi connectivity index (χ1n) is 9.19. The molecule has 1 aliphatic carbocycles. The Labute approximate surface area is 164 Å². The molecule has 0 radical (unpaired) electrons. The molecule has 2 aromatic carbocycles. The van der Waals surface area contributed by atoms with Crippen molar-refractivity contribution in [1.29, 1.82) is 0 Å². The third-order valence-corrected chi connectivity index (χ3v) is 4.53. The van der Waals surface area contributed by atoms with E-state index in [2.05, 4.69) is 5.32 Å². The zero-order chi connectivity index (χ0) is 19.9. The second-order valence-corrected chi connectivity index (χ2v) is 6.73. The first kappa shape index (κ1) is 19.5. The Balaban J connectivity index is 1.65. The van der Waals surface area contributed by atoms with Crippen LogP contribution in [-0.2, 0) is 9.59 Å². The predicted octanol–water partition coefficient (Wildman–Crippen LogP) is 2.84. The summed E-state index contributed by atoms with van der Waals surface area (Å²) < 4.78 is 10.6. The van der Waals surface area contributed by atoms with E-state index in [4.69, 9.17) is 15.2 Å². The molecule has 146 valence electrons. The SMILES string of the molecule is COc1cc(/C=C/C(=O)NC(c2ccccc2)C2CC2)ccc1OCC(N)=O. The van der Waals surface area contributed by atoms with Crippen LogP contribution >= 0.6 is 0 Å². The van der Waals surface area contributed by atoms with Crippen LogP contribution in [-0.4, -0.2) is 25.5 Å². The van der Waals surface area contributed by atoms with E-state index in [1.807, 2.05) is 30.3 Å². The summed E-state index contributed by atoms with van der Waals surface area (Å²) in [6.45, 7) is -0.226. The summed E-state index contributed by atoms with van der Waals surface area (Å²) >= 11 is 0. The Kier molecular flexibility index (Phi) is 6.32. The number of amides is 2. The van der Waals surface area contributed by atoms with E-state index in [1.165, 1.54) is 13.2 Å². The molecule has 1 atom stereocenters. The molecular weight excluding hydrogens is 356 g/mol. The molecule has 3 rings (SSSR count). The Morgan fingerprint density at radius 2 is 1.93 bits per heavy atom. The molecule has 0 bridgehead atoms. The van der Waals surface area contributed by atoms with Gasteiger partial charge < -0.3 is 20.5 Å². The quantitative estimate of drug-likeness (QED) is 0.655. The van der Waals surface area contributed by atoms with Crippen molar-refractivity contribution in [2.45, 2.75) is 18.9 Å². The molecule has 3 N–H and O–H groups in total. The van der Waals surface area contributed by atoms with Crippen molar-refractivity contribution in [1.82, 2.24) is 5.32 Å². The molecule has 0 aliphatic heterocycles. The van der Waals surface area contributed by atoms with Gasteiger partial charge >= 0.3 is 0 Å². The molecule has 2 amide bonds. The van der Waals surface area contributed by atoms with E-state index in [0.29, 0.717) is 17.4 Å². The zero-order valence-electron chi connectivity index (χ0n) is 15.8. The second kappa shape index (κ2) is 9.08. The molecule has 6 heteroatoms. The number of carbonyl (C=O) groups excluding carboxylic acids is 2. The minimum atomic E-state index is -0.564. The van der Waals surface area contributed by atoms with Gasteiger partial charge in [0.2, 0.25) is 5.91 Å². The summed E-state index contributed by atoms with van der Waals surface area (Å²) in [6.07, 6.45) is 5.49. The molecule has 0 heterocycles. The van der Waals surface area contributed by atoms with Gasteiger partial charge in [-0.25, -0.2) is 0 Å². The van der Waals surface area contributed by atoms with Crippen molar-refractivity contribution in [2.75, 3.05) is 13.7 Å². The normalized spacial score (nSPS) is 14.5. The lowest BCUT2D eigenvalue weighted by Crippen LogP contribution is -2.28. The second-order valence-electron chi connectivity index (χ2n) is 6.73. The number of ether oxygens (including phenoxy) is 2. The molecule has 1 saturated carbocycles. The fraction of sp³-hybridized carbons (Fsp3) is 0.273. The highest BCUT2D eigenvalue weighted by molar-refractivity contribution is 5.92. The summed E-state index contributed by atoms with van der Waals surface area (Å²) in [5, 5.41) is 3.11. The van der Waals surface area contributed by atoms with Crippen LogP contribution in [0.15, 0.2) is 54.6 Å². The molecular formula is C22H24N2O4. The van der Waals surface area contributed by atoms with Crippen LogP contribution in [0.5, 0.6) is 11.5 Å². The van der Waals surface area contributed by atoms with Crippen molar-refractivity contribution >= 4 is 17.9 Å². The van der Waals surface area contributed by atoms with E-state index >= 15 is 0 Å². The van der Waals surface area contributed by atoms with Crippen LogP contribution in [0, 0.1) is 5.92 Å². The molecule has 0 aromatic heterocycles. The van der Waals surface area contributed by atoms with E-state index in [1.54, 1.807) is 24.3 Å². The number of hydrogen-bond donors (Lipinski definition) is 2. The molecule has 0 saturated heterocycles. The van der Waals surface area contributed by atoms with Crippen molar-refractivity contribution in [2.24, 2.45) is 11.7 Å². The monoisotopic (exact) mass is 380 g/mol. The number of nitrogens with two attached hydrogens (primary N) is 1. The number of rotatable bonds is 9. The summed E-state index contributed by atoms with van der Waals surface area (Å²) in [6, 6.07) is 15.3. The number of carbonyl (C=O) groups is 2. The van der Waals surface area contributed by atoms with Gasteiger partial charge in [-0.3, -0.25) is 9.59 Å². The van der Waals surface area contributed by atoms with Crippen LogP contribution in [0.4, 0.5) is 0 Å².